The second kappa shape index (κ2) is 8.86. The average molecular weight is 354 g/mol. The van der Waals surface area contributed by atoms with E-state index in [1.54, 1.807) is 7.11 Å². The van der Waals surface area contributed by atoms with Crippen molar-refractivity contribution in [3.8, 4) is 5.75 Å². The van der Waals surface area contributed by atoms with Gasteiger partial charge in [0.05, 0.1) is 0 Å². The third kappa shape index (κ3) is 6.04. The number of hydrogen-bond acceptors (Lipinski definition) is 1. The van der Waals surface area contributed by atoms with Gasteiger partial charge in [0.15, 0.2) is 0 Å². The molecule has 0 aliphatic rings. The zero-order chi connectivity index (χ0) is 15.9. The van der Waals surface area contributed by atoms with Gasteiger partial charge in [-0.05, 0) is 0 Å². The van der Waals surface area contributed by atoms with Gasteiger partial charge in [-0.1, -0.05) is 0 Å². The van der Waals surface area contributed by atoms with E-state index in [2.05, 4.69) is 55.8 Å². The van der Waals surface area contributed by atoms with Crippen molar-refractivity contribution < 1.29 is 4.74 Å². The van der Waals surface area contributed by atoms with Gasteiger partial charge in [0.1, 0.15) is 0 Å². The minimum absolute atomic E-state index is 0.144. The maximum atomic E-state index is 5.49. The van der Waals surface area contributed by atoms with Crippen molar-refractivity contribution in [2.24, 2.45) is 0 Å². The van der Waals surface area contributed by atoms with E-state index in [0.29, 0.717) is 0 Å². The molecule has 0 heterocycles. The van der Waals surface area contributed by atoms with E-state index in [1.165, 1.54) is 54.1 Å². The summed E-state index contributed by atoms with van der Waals surface area (Å²) in [6.07, 6.45) is 9.20. The normalized spacial score (nSPS) is 11.7. The third-order valence-electron chi connectivity index (χ3n) is 3.98. The molecule has 0 saturated heterocycles. The van der Waals surface area contributed by atoms with Gasteiger partial charge in [-0.25, -0.2) is 0 Å². The van der Waals surface area contributed by atoms with Crippen molar-refractivity contribution in [2.75, 3.05) is 7.11 Å². The van der Waals surface area contributed by atoms with Gasteiger partial charge in [0.2, 0.25) is 0 Å². The van der Waals surface area contributed by atoms with Crippen molar-refractivity contribution in [3.05, 3.63) is 23.3 Å². The van der Waals surface area contributed by atoms with Crippen LogP contribution in [0, 0.1) is 0 Å². The Morgan fingerprint density at radius 3 is 2.19 bits per heavy atom. The van der Waals surface area contributed by atoms with Crippen LogP contribution in [0.1, 0.15) is 77.3 Å². The quantitative estimate of drug-likeness (QED) is 0.486. The molecule has 0 bridgehead atoms. The monoisotopic (exact) mass is 355 g/mol. The average Bonchev–Trinajstić information content (AvgIpc) is 2.43. The standard InChI is InChI=1S/C19H31OSe/c1-6-7-8-9-10-11-12-15-13-16(20-5)14-17(18(15)21)19(2,3)4/h13-14H,6-12H2,1-5H3. The molecule has 21 heavy (non-hydrogen) atoms. The van der Waals surface area contributed by atoms with Crippen LogP contribution in [0.5, 0.6) is 5.75 Å². The number of aryl methyl sites for hydroxylation is 1. The van der Waals surface area contributed by atoms with E-state index < -0.39 is 0 Å². The molecule has 0 saturated carbocycles. The molecule has 0 atom stereocenters. The number of hydrogen-bond donors (Lipinski definition) is 0. The Morgan fingerprint density at radius 2 is 1.62 bits per heavy atom. The van der Waals surface area contributed by atoms with Gasteiger partial charge < -0.3 is 0 Å². The topological polar surface area (TPSA) is 9.23 Å². The van der Waals surface area contributed by atoms with E-state index >= 15 is 0 Å². The van der Waals surface area contributed by atoms with Crippen LogP contribution in [0.25, 0.3) is 0 Å². The van der Waals surface area contributed by atoms with Crippen LogP contribution in [0.3, 0.4) is 0 Å². The summed E-state index contributed by atoms with van der Waals surface area (Å²) in [7, 11) is 1.76. The van der Waals surface area contributed by atoms with Crippen LogP contribution < -0.4 is 9.20 Å². The number of ether oxygens (including phenoxy) is 1. The van der Waals surface area contributed by atoms with Crippen LogP contribution in [0.15, 0.2) is 12.1 Å². The SMILES string of the molecule is CCCCCCCCc1cc(OC)cc(C(C)(C)C)c1[Se]. The first-order valence-corrected chi connectivity index (χ1v) is 9.14. The summed E-state index contributed by atoms with van der Waals surface area (Å²) in [5.41, 5.74) is 2.92. The number of benzene rings is 1. The summed E-state index contributed by atoms with van der Waals surface area (Å²) in [4.78, 5) is 0. The summed E-state index contributed by atoms with van der Waals surface area (Å²) in [6, 6.07) is 4.38. The first kappa shape index (κ1) is 18.6. The molecule has 1 nitrogen and oxygen atoms in total. The Bertz CT molecular complexity index is 432. The van der Waals surface area contributed by atoms with Gasteiger partial charge in [-0.15, -0.1) is 0 Å². The Labute approximate surface area is 139 Å². The number of unbranched alkanes of at least 4 members (excludes halogenated alkanes) is 5. The first-order valence-electron chi connectivity index (χ1n) is 8.28. The van der Waals surface area contributed by atoms with Crippen molar-refractivity contribution in [1.29, 1.82) is 0 Å². The predicted molar refractivity (Wildman–Crippen MR) is 94.2 cm³/mol. The molecule has 2 heteroatoms. The predicted octanol–water partition coefficient (Wildman–Crippen LogP) is 4.69. The zero-order valence-corrected chi connectivity index (χ0v) is 16.1. The van der Waals surface area contributed by atoms with Crippen LogP contribution in [-0.4, -0.2) is 23.1 Å². The van der Waals surface area contributed by atoms with Gasteiger partial charge in [-0.3, -0.25) is 0 Å². The van der Waals surface area contributed by atoms with E-state index in [1.807, 2.05) is 0 Å². The minimum atomic E-state index is 0.144. The number of methoxy groups -OCH3 is 1. The van der Waals surface area contributed by atoms with Gasteiger partial charge >= 0.3 is 139 Å². The molecular weight excluding hydrogens is 323 g/mol. The van der Waals surface area contributed by atoms with Crippen LogP contribution in [-0.2, 0) is 11.8 Å². The molecule has 0 aromatic heterocycles. The summed E-state index contributed by atoms with van der Waals surface area (Å²) < 4.78 is 6.82. The molecule has 119 valence electrons. The molecule has 1 rings (SSSR count). The molecule has 1 radical (unpaired) electrons. The summed E-state index contributed by atoms with van der Waals surface area (Å²) >= 11 is 3.30. The van der Waals surface area contributed by atoms with Crippen molar-refractivity contribution in [2.45, 2.75) is 78.1 Å². The van der Waals surface area contributed by atoms with E-state index in [9.17, 15) is 0 Å². The molecule has 1 aromatic rings. The Balaban J connectivity index is 2.73. The van der Waals surface area contributed by atoms with Gasteiger partial charge in [0.25, 0.3) is 0 Å². The molecule has 1 aromatic carbocycles. The fraction of sp³-hybridized carbons (Fsp3) is 0.684. The zero-order valence-electron chi connectivity index (χ0n) is 14.4. The fourth-order valence-electron chi connectivity index (χ4n) is 2.62. The van der Waals surface area contributed by atoms with Crippen LogP contribution in [0.4, 0.5) is 0 Å². The van der Waals surface area contributed by atoms with Crippen molar-refractivity contribution in [1.82, 2.24) is 0 Å². The molecule has 0 N–H and O–H groups in total. The summed E-state index contributed by atoms with van der Waals surface area (Å²) in [6.45, 7) is 9.05. The maximum absolute atomic E-state index is 5.49. The van der Waals surface area contributed by atoms with Gasteiger partial charge in [-0.2, -0.15) is 0 Å². The molecule has 0 spiro atoms. The Hall–Kier alpha value is -0.461. The van der Waals surface area contributed by atoms with Crippen LogP contribution >= 0.6 is 0 Å². The summed E-state index contributed by atoms with van der Waals surface area (Å²) in [5.74, 6) is 0.986. The van der Waals surface area contributed by atoms with Crippen molar-refractivity contribution >= 4 is 20.5 Å². The second-order valence-electron chi connectivity index (χ2n) is 6.93. The second-order valence-corrected chi connectivity index (χ2v) is 7.79. The Morgan fingerprint density at radius 1 is 1.00 bits per heavy atom. The van der Waals surface area contributed by atoms with Crippen molar-refractivity contribution in [3.63, 3.8) is 0 Å². The van der Waals surface area contributed by atoms with E-state index in [0.717, 1.165) is 12.2 Å². The van der Waals surface area contributed by atoms with E-state index in [4.69, 9.17) is 4.74 Å². The molecule has 0 unspecified atom stereocenters. The van der Waals surface area contributed by atoms with Crippen LogP contribution in [0.2, 0.25) is 0 Å². The molecular formula is C19H31OSe. The first-order chi connectivity index (χ1) is 9.90. The third-order valence-corrected chi connectivity index (χ3v) is 4.99. The molecule has 0 fully saturated rings. The molecule has 0 aliphatic carbocycles. The summed E-state index contributed by atoms with van der Waals surface area (Å²) in [5, 5.41) is 0. The Kier molecular flexibility index (Phi) is 7.84. The molecule has 0 aliphatic heterocycles. The number of rotatable bonds is 8. The van der Waals surface area contributed by atoms with E-state index in [-0.39, 0.29) is 5.41 Å². The molecule has 0 amide bonds. The fourth-order valence-corrected chi connectivity index (χ4v) is 3.72. The van der Waals surface area contributed by atoms with Gasteiger partial charge in [0, 0.05) is 0 Å².